The number of para-hydroxylation sites is 1. The Bertz CT molecular complexity index is 1110. The van der Waals surface area contributed by atoms with Gasteiger partial charge in [0.15, 0.2) is 0 Å². The Hall–Kier alpha value is -2.99. The van der Waals surface area contributed by atoms with Gasteiger partial charge in [0.2, 0.25) is 5.95 Å². The number of rotatable bonds is 4. The summed E-state index contributed by atoms with van der Waals surface area (Å²) < 4.78 is 7.84. The lowest BCUT2D eigenvalue weighted by atomic mass is 10.1. The molecule has 27 heavy (non-hydrogen) atoms. The average Bonchev–Trinajstić information content (AvgIpc) is 3.00. The number of esters is 1. The second-order valence-electron chi connectivity index (χ2n) is 6.03. The quantitative estimate of drug-likeness (QED) is 0.453. The van der Waals surface area contributed by atoms with Gasteiger partial charge in [-0.1, -0.05) is 30.3 Å². The molecule has 0 radical (unpaired) electrons. The van der Waals surface area contributed by atoms with Gasteiger partial charge in [-0.05, 0) is 45.8 Å². The number of ether oxygens (including phenoxy) is 1. The normalized spacial score (nSPS) is 10.9. The molecule has 0 atom stereocenters. The highest BCUT2D eigenvalue weighted by molar-refractivity contribution is 9.10. The fourth-order valence-corrected chi connectivity index (χ4v) is 3.77. The van der Waals surface area contributed by atoms with Crippen LogP contribution < -0.4 is 0 Å². The van der Waals surface area contributed by atoms with Gasteiger partial charge in [-0.15, -0.1) is 0 Å². The molecule has 0 N–H and O–H groups in total. The molecule has 134 valence electrons. The summed E-state index contributed by atoms with van der Waals surface area (Å²) in [6.45, 7) is 0. The maximum Gasteiger partial charge on any atom is 0.337 e. The lowest BCUT2D eigenvalue weighted by Gasteiger charge is -2.10. The van der Waals surface area contributed by atoms with E-state index in [9.17, 15) is 4.79 Å². The highest BCUT2D eigenvalue weighted by Crippen LogP contribution is 2.34. The maximum absolute atomic E-state index is 11.6. The molecule has 0 unspecified atom stereocenters. The molecule has 0 bridgehead atoms. The van der Waals surface area contributed by atoms with Crippen LogP contribution in [-0.4, -0.2) is 27.6 Å². The Kier molecular flexibility index (Phi) is 4.73. The standard InChI is InChI=1S/C21H16BrN3O2/c1-27-20(26)15-9-7-14(8-10-15)13-18-19(22)16-5-2-3-6-17(16)25(18)21-23-11-4-12-24-21/h2-12H,13H2,1H3. The number of aromatic nitrogens is 3. The Balaban J connectivity index is 1.82. The van der Waals surface area contributed by atoms with Crippen LogP contribution in [0.1, 0.15) is 21.6 Å². The summed E-state index contributed by atoms with van der Waals surface area (Å²) in [6, 6.07) is 17.4. The van der Waals surface area contributed by atoms with Gasteiger partial charge in [-0.2, -0.15) is 0 Å². The highest BCUT2D eigenvalue weighted by Gasteiger charge is 2.18. The monoisotopic (exact) mass is 421 g/mol. The lowest BCUT2D eigenvalue weighted by molar-refractivity contribution is 0.0600. The molecule has 0 aliphatic carbocycles. The van der Waals surface area contributed by atoms with Gasteiger partial charge >= 0.3 is 5.97 Å². The first-order valence-electron chi connectivity index (χ1n) is 8.41. The van der Waals surface area contributed by atoms with Crippen LogP contribution in [-0.2, 0) is 11.2 Å². The number of methoxy groups -OCH3 is 1. The van der Waals surface area contributed by atoms with Gasteiger partial charge in [0.05, 0.1) is 18.2 Å². The minimum Gasteiger partial charge on any atom is -0.465 e. The summed E-state index contributed by atoms with van der Waals surface area (Å²) in [5.74, 6) is 0.287. The zero-order valence-corrected chi connectivity index (χ0v) is 16.2. The first-order valence-corrected chi connectivity index (χ1v) is 9.21. The van der Waals surface area contributed by atoms with Crippen LogP contribution in [0.4, 0.5) is 0 Å². The molecular formula is C21H16BrN3O2. The number of halogens is 1. The number of hydrogen-bond acceptors (Lipinski definition) is 4. The van der Waals surface area contributed by atoms with E-state index in [1.54, 1.807) is 30.6 Å². The average molecular weight is 422 g/mol. The molecular weight excluding hydrogens is 406 g/mol. The number of fused-ring (bicyclic) bond motifs is 1. The highest BCUT2D eigenvalue weighted by atomic mass is 79.9. The Morgan fingerprint density at radius 3 is 2.44 bits per heavy atom. The molecule has 2 heterocycles. The van der Waals surface area contributed by atoms with Gasteiger partial charge in [0, 0.05) is 34.4 Å². The minimum absolute atomic E-state index is 0.338. The van der Waals surface area contributed by atoms with Crippen LogP contribution in [0.2, 0.25) is 0 Å². The largest absolute Gasteiger partial charge is 0.465 e. The van der Waals surface area contributed by atoms with E-state index in [1.807, 2.05) is 24.3 Å². The molecule has 2 aromatic carbocycles. The molecule has 0 aliphatic rings. The third-order valence-corrected chi connectivity index (χ3v) is 5.29. The van der Waals surface area contributed by atoms with Crippen molar-refractivity contribution in [3.8, 4) is 5.95 Å². The Morgan fingerprint density at radius 2 is 1.74 bits per heavy atom. The van der Waals surface area contributed by atoms with Gasteiger partial charge in [0.1, 0.15) is 0 Å². The van der Waals surface area contributed by atoms with Crippen molar-refractivity contribution in [2.75, 3.05) is 7.11 Å². The smallest absolute Gasteiger partial charge is 0.337 e. The van der Waals surface area contributed by atoms with E-state index >= 15 is 0 Å². The van der Waals surface area contributed by atoms with Gasteiger partial charge < -0.3 is 4.74 Å². The summed E-state index contributed by atoms with van der Waals surface area (Å²) >= 11 is 3.76. The van der Waals surface area contributed by atoms with Crippen molar-refractivity contribution < 1.29 is 9.53 Å². The van der Waals surface area contributed by atoms with Crippen molar-refractivity contribution in [3.05, 3.63) is 88.3 Å². The molecule has 5 nitrogen and oxygen atoms in total. The summed E-state index contributed by atoms with van der Waals surface area (Å²) in [4.78, 5) is 20.5. The number of nitrogens with zero attached hydrogens (tertiary/aromatic N) is 3. The lowest BCUT2D eigenvalue weighted by Crippen LogP contribution is -2.06. The summed E-state index contributed by atoms with van der Waals surface area (Å²) in [5, 5.41) is 1.10. The molecule has 4 aromatic rings. The van der Waals surface area contributed by atoms with Crippen LogP contribution in [0, 0.1) is 0 Å². The minimum atomic E-state index is -0.338. The van der Waals surface area contributed by atoms with Crippen molar-refractivity contribution in [2.24, 2.45) is 0 Å². The molecule has 2 aromatic heterocycles. The molecule has 0 spiro atoms. The fourth-order valence-electron chi connectivity index (χ4n) is 3.11. The van der Waals surface area contributed by atoms with E-state index in [-0.39, 0.29) is 5.97 Å². The summed E-state index contributed by atoms with van der Waals surface area (Å²) in [6.07, 6.45) is 4.13. The molecule has 0 amide bonds. The third kappa shape index (κ3) is 3.24. The van der Waals surface area contributed by atoms with E-state index in [0.29, 0.717) is 17.9 Å². The Labute approximate surface area is 164 Å². The van der Waals surface area contributed by atoms with E-state index in [0.717, 1.165) is 26.6 Å². The van der Waals surface area contributed by atoms with Crippen LogP contribution >= 0.6 is 15.9 Å². The third-order valence-electron chi connectivity index (χ3n) is 4.40. The van der Waals surface area contributed by atoms with Crippen molar-refractivity contribution in [1.82, 2.24) is 14.5 Å². The summed E-state index contributed by atoms with van der Waals surface area (Å²) in [7, 11) is 1.38. The van der Waals surface area contributed by atoms with Crippen LogP contribution in [0.25, 0.3) is 16.9 Å². The molecule has 0 saturated carbocycles. The maximum atomic E-state index is 11.6. The Morgan fingerprint density at radius 1 is 1.04 bits per heavy atom. The van der Waals surface area contributed by atoms with Crippen LogP contribution in [0.3, 0.4) is 0 Å². The number of benzene rings is 2. The molecule has 4 rings (SSSR count). The van der Waals surface area contributed by atoms with Crippen molar-refractivity contribution in [2.45, 2.75) is 6.42 Å². The summed E-state index contributed by atoms with van der Waals surface area (Å²) in [5.41, 5.74) is 3.69. The second-order valence-corrected chi connectivity index (χ2v) is 6.82. The zero-order valence-electron chi connectivity index (χ0n) is 14.6. The predicted molar refractivity (Wildman–Crippen MR) is 107 cm³/mol. The molecule has 0 fully saturated rings. The fraction of sp³-hybridized carbons (Fsp3) is 0.0952. The van der Waals surface area contributed by atoms with Gasteiger partial charge in [-0.3, -0.25) is 4.57 Å². The van der Waals surface area contributed by atoms with Gasteiger partial charge in [-0.25, -0.2) is 14.8 Å². The second kappa shape index (κ2) is 7.32. The van der Waals surface area contributed by atoms with E-state index in [2.05, 4.69) is 42.6 Å². The van der Waals surface area contributed by atoms with E-state index < -0.39 is 0 Å². The molecule has 0 saturated heterocycles. The van der Waals surface area contributed by atoms with Gasteiger partial charge in [0.25, 0.3) is 0 Å². The number of carbonyl (C=O) groups excluding carboxylic acids is 1. The molecule has 6 heteroatoms. The first kappa shape index (κ1) is 17.4. The van der Waals surface area contributed by atoms with Crippen LogP contribution in [0.5, 0.6) is 0 Å². The van der Waals surface area contributed by atoms with Crippen molar-refractivity contribution in [3.63, 3.8) is 0 Å². The number of carbonyl (C=O) groups is 1. The topological polar surface area (TPSA) is 57.0 Å². The SMILES string of the molecule is COC(=O)c1ccc(Cc2c(Br)c3ccccc3n2-c2ncccn2)cc1. The van der Waals surface area contributed by atoms with Crippen molar-refractivity contribution >= 4 is 32.8 Å². The van der Waals surface area contributed by atoms with E-state index in [4.69, 9.17) is 4.74 Å². The van der Waals surface area contributed by atoms with E-state index in [1.165, 1.54) is 7.11 Å². The predicted octanol–water partition coefficient (Wildman–Crippen LogP) is 4.56. The number of hydrogen-bond donors (Lipinski definition) is 0. The molecule has 0 aliphatic heterocycles. The first-order chi connectivity index (χ1) is 13.2. The van der Waals surface area contributed by atoms with Crippen LogP contribution in [0.15, 0.2) is 71.5 Å². The zero-order chi connectivity index (χ0) is 18.8. The van der Waals surface area contributed by atoms with Crippen molar-refractivity contribution in [1.29, 1.82) is 0 Å².